The average molecular weight is 620 g/mol. The van der Waals surface area contributed by atoms with Crippen molar-refractivity contribution in [1.29, 1.82) is 0 Å². The molecule has 4 aromatic heterocycles. The van der Waals surface area contributed by atoms with Gasteiger partial charge in [-0.3, -0.25) is 9.97 Å². The molecule has 220 valence electrons. The Hall–Kier alpha value is -6.11. The Bertz CT molecular complexity index is 2520. The molecule has 0 aliphatic heterocycles. The van der Waals surface area contributed by atoms with E-state index in [2.05, 4.69) is 72.8 Å². The predicted molar refractivity (Wildman–Crippen MR) is 193 cm³/mol. The van der Waals surface area contributed by atoms with E-state index in [0.717, 1.165) is 55.4 Å². The summed E-state index contributed by atoms with van der Waals surface area (Å²) in [5.74, 6) is 1.93. The molecule has 0 radical (unpaired) electrons. The highest BCUT2D eigenvalue weighted by atomic mass is 32.1. The molecule has 0 spiro atoms. The molecule has 9 rings (SSSR count). The second kappa shape index (κ2) is 11.4. The zero-order valence-electron chi connectivity index (χ0n) is 25.1. The zero-order chi connectivity index (χ0) is 31.2. The van der Waals surface area contributed by atoms with Gasteiger partial charge in [0.15, 0.2) is 17.5 Å². The summed E-state index contributed by atoms with van der Waals surface area (Å²) < 4.78 is 2.39. The number of hydrogen-bond donors (Lipinski definition) is 0. The van der Waals surface area contributed by atoms with Crippen LogP contribution in [0.2, 0.25) is 0 Å². The first-order chi connectivity index (χ1) is 23.3. The lowest BCUT2D eigenvalue weighted by Crippen LogP contribution is -2.00. The Kier molecular flexibility index (Phi) is 6.58. The molecule has 0 amide bonds. The minimum atomic E-state index is 0.636. The Morgan fingerprint density at radius 2 is 1.00 bits per heavy atom. The van der Waals surface area contributed by atoms with E-state index in [1.54, 1.807) is 11.3 Å². The van der Waals surface area contributed by atoms with Crippen molar-refractivity contribution in [1.82, 2.24) is 24.9 Å². The molecule has 0 N–H and O–H groups in total. The maximum Gasteiger partial charge on any atom is 0.164 e. The third-order valence-electron chi connectivity index (χ3n) is 8.44. The van der Waals surface area contributed by atoms with Crippen LogP contribution in [0.1, 0.15) is 0 Å². The summed E-state index contributed by atoms with van der Waals surface area (Å²) in [6.07, 6.45) is 3.77. The average Bonchev–Trinajstić information content (AvgIpc) is 3.55. The number of benzene rings is 5. The van der Waals surface area contributed by atoms with Crippen molar-refractivity contribution in [3.8, 4) is 56.7 Å². The van der Waals surface area contributed by atoms with Crippen LogP contribution in [0.3, 0.4) is 0 Å². The molecule has 4 heterocycles. The van der Waals surface area contributed by atoms with Crippen LogP contribution in [0, 0.1) is 0 Å². The number of fused-ring (bicyclic) bond motifs is 4. The summed E-state index contributed by atoms with van der Waals surface area (Å²) >= 11 is 1.79. The Morgan fingerprint density at radius 3 is 1.77 bits per heavy atom. The lowest BCUT2D eigenvalue weighted by molar-refractivity contribution is 1.07. The van der Waals surface area contributed by atoms with Crippen LogP contribution >= 0.6 is 11.3 Å². The molecule has 0 saturated heterocycles. The van der Waals surface area contributed by atoms with Crippen molar-refractivity contribution in [3.63, 3.8) is 0 Å². The number of thiophene rings is 1. The smallest absolute Gasteiger partial charge is 0.164 e. The molecule has 9 aromatic rings. The maximum absolute atomic E-state index is 4.97. The van der Waals surface area contributed by atoms with Crippen LogP contribution in [0.15, 0.2) is 152 Å². The standard InChI is InChI=1S/C41H25N5S/c1-3-12-27(13-4-1)39-44-40(28-14-5-2-6-15-28)46-41(45-39)30-17-9-16-29(25-30)32-19-10-20-33-35-34(47-38(32)33)22-24-43-37(35)36-31-18-8-7-11-26(31)21-23-42-36/h1-25H. The molecule has 5 nitrogen and oxygen atoms in total. The van der Waals surface area contributed by atoms with Gasteiger partial charge >= 0.3 is 0 Å². The molecular weight excluding hydrogens is 595 g/mol. The zero-order valence-corrected chi connectivity index (χ0v) is 25.9. The molecule has 0 aliphatic rings. The summed E-state index contributed by atoms with van der Waals surface area (Å²) in [4.78, 5) is 24.5. The van der Waals surface area contributed by atoms with Crippen molar-refractivity contribution in [2.75, 3.05) is 0 Å². The molecule has 0 atom stereocenters. The van der Waals surface area contributed by atoms with Gasteiger partial charge in [-0.05, 0) is 34.7 Å². The monoisotopic (exact) mass is 619 g/mol. The van der Waals surface area contributed by atoms with E-state index in [1.165, 1.54) is 14.8 Å². The van der Waals surface area contributed by atoms with E-state index >= 15 is 0 Å². The van der Waals surface area contributed by atoms with Crippen LogP contribution in [0.25, 0.3) is 87.6 Å². The van der Waals surface area contributed by atoms with Gasteiger partial charge in [0.2, 0.25) is 0 Å². The SMILES string of the molecule is c1ccc(-c2nc(-c3ccccc3)nc(-c3cccc(-c4cccc5c4sc4ccnc(-c6nccc7ccccc67)c45)c3)n2)cc1. The molecule has 5 aromatic carbocycles. The third-order valence-corrected chi connectivity index (χ3v) is 9.64. The van der Waals surface area contributed by atoms with E-state index in [1.807, 2.05) is 79.1 Å². The van der Waals surface area contributed by atoms with E-state index < -0.39 is 0 Å². The van der Waals surface area contributed by atoms with Crippen LogP contribution in [-0.2, 0) is 0 Å². The third kappa shape index (κ3) is 4.83. The molecule has 0 fully saturated rings. The molecule has 0 bridgehead atoms. The summed E-state index contributed by atoms with van der Waals surface area (Å²) in [6.45, 7) is 0. The van der Waals surface area contributed by atoms with Gasteiger partial charge in [0.25, 0.3) is 0 Å². The van der Waals surface area contributed by atoms with Crippen molar-refractivity contribution in [3.05, 3.63) is 152 Å². The number of rotatable bonds is 5. The van der Waals surface area contributed by atoms with Crippen molar-refractivity contribution >= 4 is 42.3 Å². The highest BCUT2D eigenvalue weighted by Gasteiger charge is 2.18. The fourth-order valence-corrected chi connectivity index (χ4v) is 7.46. The van der Waals surface area contributed by atoms with E-state index in [-0.39, 0.29) is 0 Å². The molecule has 6 heteroatoms. The highest BCUT2D eigenvalue weighted by Crippen LogP contribution is 2.44. The topological polar surface area (TPSA) is 64.5 Å². The Morgan fingerprint density at radius 1 is 0.426 bits per heavy atom. The second-order valence-corrected chi connectivity index (χ2v) is 12.4. The lowest BCUT2D eigenvalue weighted by Gasteiger charge is -2.10. The summed E-state index contributed by atoms with van der Waals surface area (Å²) in [7, 11) is 0. The van der Waals surface area contributed by atoms with Gasteiger partial charge in [-0.2, -0.15) is 0 Å². The van der Waals surface area contributed by atoms with Gasteiger partial charge in [-0.1, -0.05) is 121 Å². The molecule has 47 heavy (non-hydrogen) atoms. The fraction of sp³-hybridized carbons (Fsp3) is 0. The van der Waals surface area contributed by atoms with Crippen LogP contribution < -0.4 is 0 Å². The Labute approximate surface area is 275 Å². The predicted octanol–water partition coefficient (Wildman–Crippen LogP) is 10.5. The summed E-state index contributed by atoms with van der Waals surface area (Å²) in [6, 6.07) is 47.7. The summed E-state index contributed by atoms with van der Waals surface area (Å²) in [5.41, 5.74) is 6.89. The fourth-order valence-electron chi connectivity index (χ4n) is 6.22. The minimum absolute atomic E-state index is 0.636. The van der Waals surface area contributed by atoms with Gasteiger partial charge in [-0.15, -0.1) is 11.3 Å². The van der Waals surface area contributed by atoms with Gasteiger partial charge in [-0.25, -0.2) is 15.0 Å². The van der Waals surface area contributed by atoms with E-state index in [0.29, 0.717) is 17.5 Å². The first kappa shape index (κ1) is 27.2. The van der Waals surface area contributed by atoms with Gasteiger partial charge in [0.05, 0.1) is 11.4 Å². The molecular formula is C41H25N5S. The number of aromatic nitrogens is 5. The van der Waals surface area contributed by atoms with Gasteiger partial charge in [0.1, 0.15) is 0 Å². The minimum Gasteiger partial charge on any atom is -0.254 e. The van der Waals surface area contributed by atoms with Gasteiger partial charge in [0, 0.05) is 54.6 Å². The normalized spacial score (nSPS) is 11.4. The number of nitrogens with zero attached hydrogens (tertiary/aromatic N) is 5. The number of hydrogen-bond acceptors (Lipinski definition) is 6. The van der Waals surface area contributed by atoms with Crippen LogP contribution in [0.5, 0.6) is 0 Å². The van der Waals surface area contributed by atoms with Crippen LogP contribution in [0.4, 0.5) is 0 Å². The van der Waals surface area contributed by atoms with E-state index in [9.17, 15) is 0 Å². The maximum atomic E-state index is 4.97. The largest absolute Gasteiger partial charge is 0.254 e. The summed E-state index contributed by atoms with van der Waals surface area (Å²) in [5, 5.41) is 4.55. The van der Waals surface area contributed by atoms with Crippen molar-refractivity contribution in [2.45, 2.75) is 0 Å². The Balaban J connectivity index is 1.21. The molecule has 0 unspecified atom stereocenters. The van der Waals surface area contributed by atoms with E-state index in [4.69, 9.17) is 24.9 Å². The first-order valence-electron chi connectivity index (χ1n) is 15.4. The van der Waals surface area contributed by atoms with Crippen LogP contribution in [-0.4, -0.2) is 24.9 Å². The lowest BCUT2D eigenvalue weighted by atomic mass is 9.99. The van der Waals surface area contributed by atoms with Crippen molar-refractivity contribution in [2.24, 2.45) is 0 Å². The van der Waals surface area contributed by atoms with Crippen molar-refractivity contribution < 1.29 is 0 Å². The highest BCUT2D eigenvalue weighted by molar-refractivity contribution is 7.26. The second-order valence-electron chi connectivity index (χ2n) is 11.3. The number of pyridine rings is 2. The molecule has 0 aliphatic carbocycles. The first-order valence-corrected chi connectivity index (χ1v) is 16.2. The molecule has 0 saturated carbocycles. The van der Waals surface area contributed by atoms with Gasteiger partial charge < -0.3 is 0 Å². The quantitative estimate of drug-likeness (QED) is 0.192.